The summed E-state index contributed by atoms with van der Waals surface area (Å²) >= 11 is 7.57. The van der Waals surface area contributed by atoms with Gasteiger partial charge in [0.25, 0.3) is 0 Å². The molecule has 5 heteroatoms. The first-order chi connectivity index (χ1) is 8.69. The highest BCUT2D eigenvalue weighted by Gasteiger charge is 2.14. The van der Waals surface area contributed by atoms with Gasteiger partial charge in [-0.25, -0.2) is 4.98 Å². The zero-order valence-corrected chi connectivity index (χ0v) is 11.4. The van der Waals surface area contributed by atoms with Gasteiger partial charge in [-0.1, -0.05) is 23.7 Å². The molecule has 0 spiro atoms. The Balaban J connectivity index is 2.22. The van der Waals surface area contributed by atoms with Crippen molar-refractivity contribution in [3.63, 3.8) is 0 Å². The van der Waals surface area contributed by atoms with Crippen molar-refractivity contribution in [1.29, 1.82) is 0 Å². The summed E-state index contributed by atoms with van der Waals surface area (Å²) in [6.07, 6.45) is 2.08. The van der Waals surface area contributed by atoms with Crippen molar-refractivity contribution in [3.8, 4) is 11.3 Å². The minimum atomic E-state index is 0.468. The van der Waals surface area contributed by atoms with Gasteiger partial charge in [0.15, 0.2) is 4.96 Å². The summed E-state index contributed by atoms with van der Waals surface area (Å²) in [6, 6.07) is 7.69. The Hall–Kier alpha value is -1.36. The maximum absolute atomic E-state index is 5.90. The molecule has 92 valence electrons. The fourth-order valence-electron chi connectivity index (χ4n) is 2.03. The van der Waals surface area contributed by atoms with Crippen LogP contribution in [-0.2, 0) is 6.54 Å². The molecule has 0 fully saturated rings. The van der Waals surface area contributed by atoms with Crippen LogP contribution in [-0.4, -0.2) is 9.38 Å². The molecule has 1 aromatic carbocycles. The molecular formula is C13H12ClN3S. The van der Waals surface area contributed by atoms with E-state index in [-0.39, 0.29) is 0 Å². The highest BCUT2D eigenvalue weighted by Crippen LogP contribution is 2.28. The van der Waals surface area contributed by atoms with Crippen LogP contribution >= 0.6 is 22.9 Å². The van der Waals surface area contributed by atoms with Crippen LogP contribution in [0.2, 0.25) is 5.02 Å². The summed E-state index contributed by atoms with van der Waals surface area (Å²) in [5, 5.41) is 0.727. The molecule has 18 heavy (non-hydrogen) atoms. The minimum absolute atomic E-state index is 0.468. The Bertz CT molecular complexity index is 697. The Labute approximate surface area is 114 Å². The van der Waals surface area contributed by atoms with Crippen molar-refractivity contribution in [2.24, 2.45) is 5.73 Å². The number of hydrogen-bond acceptors (Lipinski definition) is 3. The maximum Gasteiger partial charge on any atom is 0.194 e. The number of nitrogens with zero attached hydrogens (tertiary/aromatic N) is 2. The average Bonchev–Trinajstić information content (AvgIpc) is 2.85. The fraction of sp³-hybridized carbons (Fsp3) is 0.154. The number of aromatic nitrogens is 2. The summed E-state index contributed by atoms with van der Waals surface area (Å²) in [5.74, 6) is 0. The molecule has 0 aliphatic heterocycles. The molecule has 0 aliphatic rings. The number of aryl methyl sites for hydroxylation is 1. The van der Waals surface area contributed by atoms with E-state index in [1.54, 1.807) is 11.3 Å². The first-order valence-electron chi connectivity index (χ1n) is 5.62. The van der Waals surface area contributed by atoms with Crippen molar-refractivity contribution in [2.75, 3.05) is 0 Å². The van der Waals surface area contributed by atoms with Crippen LogP contribution in [0.25, 0.3) is 16.2 Å². The topological polar surface area (TPSA) is 43.3 Å². The molecular weight excluding hydrogens is 266 g/mol. The Morgan fingerprint density at radius 2 is 2.06 bits per heavy atom. The van der Waals surface area contributed by atoms with Gasteiger partial charge in [-0.3, -0.25) is 4.40 Å². The number of hydrogen-bond donors (Lipinski definition) is 1. The monoisotopic (exact) mass is 277 g/mol. The summed E-state index contributed by atoms with van der Waals surface area (Å²) < 4.78 is 2.07. The molecule has 2 aromatic heterocycles. The summed E-state index contributed by atoms with van der Waals surface area (Å²) in [4.78, 5) is 6.88. The van der Waals surface area contributed by atoms with E-state index in [9.17, 15) is 0 Å². The molecule has 0 unspecified atom stereocenters. The SMILES string of the molecule is Cc1cn2c(CN)c(-c3ccc(Cl)cc3)nc2s1. The van der Waals surface area contributed by atoms with E-state index in [0.717, 1.165) is 26.9 Å². The molecule has 0 saturated heterocycles. The van der Waals surface area contributed by atoms with Crippen molar-refractivity contribution in [2.45, 2.75) is 13.5 Å². The standard InChI is InChI=1S/C13H12ClN3S/c1-8-7-17-11(6-15)12(16-13(17)18-8)9-2-4-10(14)5-3-9/h2-5,7H,6,15H2,1H3. The van der Waals surface area contributed by atoms with Gasteiger partial charge in [-0.05, 0) is 19.1 Å². The van der Waals surface area contributed by atoms with Crippen molar-refractivity contribution in [1.82, 2.24) is 9.38 Å². The fourth-order valence-corrected chi connectivity index (χ4v) is 3.01. The smallest absolute Gasteiger partial charge is 0.194 e. The third-order valence-electron chi connectivity index (χ3n) is 2.85. The maximum atomic E-state index is 5.90. The molecule has 2 heterocycles. The van der Waals surface area contributed by atoms with Crippen LogP contribution in [0.5, 0.6) is 0 Å². The van der Waals surface area contributed by atoms with E-state index in [1.807, 2.05) is 24.3 Å². The van der Waals surface area contributed by atoms with Crippen LogP contribution in [0, 0.1) is 6.92 Å². The molecule has 0 saturated carbocycles. The normalized spacial score (nSPS) is 11.3. The highest BCUT2D eigenvalue weighted by molar-refractivity contribution is 7.17. The molecule has 3 nitrogen and oxygen atoms in total. The largest absolute Gasteiger partial charge is 0.325 e. The van der Waals surface area contributed by atoms with E-state index >= 15 is 0 Å². The summed E-state index contributed by atoms with van der Waals surface area (Å²) in [7, 11) is 0. The van der Waals surface area contributed by atoms with Gasteiger partial charge in [0, 0.05) is 28.2 Å². The molecule has 0 radical (unpaired) electrons. The predicted molar refractivity (Wildman–Crippen MR) is 76.1 cm³/mol. The Kier molecular flexibility index (Phi) is 2.86. The van der Waals surface area contributed by atoms with Crippen LogP contribution in [0.1, 0.15) is 10.6 Å². The third-order valence-corrected chi connectivity index (χ3v) is 4.00. The lowest BCUT2D eigenvalue weighted by Gasteiger charge is -2.01. The van der Waals surface area contributed by atoms with Gasteiger partial charge >= 0.3 is 0 Å². The summed E-state index contributed by atoms with van der Waals surface area (Å²) in [5.41, 5.74) is 8.89. The van der Waals surface area contributed by atoms with Crippen LogP contribution < -0.4 is 5.73 Å². The second kappa shape index (κ2) is 4.39. The molecule has 0 amide bonds. The summed E-state index contributed by atoms with van der Waals surface area (Å²) in [6.45, 7) is 2.54. The highest BCUT2D eigenvalue weighted by atomic mass is 35.5. The lowest BCUT2D eigenvalue weighted by molar-refractivity contribution is 0.967. The van der Waals surface area contributed by atoms with Crippen molar-refractivity contribution in [3.05, 3.63) is 46.1 Å². The van der Waals surface area contributed by atoms with Crippen LogP contribution in [0.3, 0.4) is 0 Å². The third kappa shape index (κ3) is 1.82. The number of nitrogens with two attached hydrogens (primary N) is 1. The van der Waals surface area contributed by atoms with E-state index in [0.29, 0.717) is 6.54 Å². The van der Waals surface area contributed by atoms with Gasteiger partial charge in [-0.2, -0.15) is 0 Å². The van der Waals surface area contributed by atoms with Crippen molar-refractivity contribution >= 4 is 27.9 Å². The first kappa shape index (κ1) is 11.7. The van der Waals surface area contributed by atoms with Gasteiger partial charge in [-0.15, -0.1) is 11.3 Å². The number of fused-ring (bicyclic) bond motifs is 1. The van der Waals surface area contributed by atoms with Gasteiger partial charge in [0.2, 0.25) is 0 Å². The molecule has 3 aromatic rings. The van der Waals surface area contributed by atoms with Gasteiger partial charge in [0.1, 0.15) is 0 Å². The number of halogens is 1. The minimum Gasteiger partial charge on any atom is -0.325 e. The first-order valence-corrected chi connectivity index (χ1v) is 6.82. The Morgan fingerprint density at radius 3 is 2.72 bits per heavy atom. The van der Waals surface area contributed by atoms with Gasteiger partial charge in [0.05, 0.1) is 11.4 Å². The zero-order valence-electron chi connectivity index (χ0n) is 9.85. The second-order valence-corrected chi connectivity index (χ2v) is 5.76. The molecule has 0 atom stereocenters. The lowest BCUT2D eigenvalue weighted by atomic mass is 10.1. The Morgan fingerprint density at radius 1 is 1.33 bits per heavy atom. The number of imidazole rings is 1. The van der Waals surface area contributed by atoms with Crippen molar-refractivity contribution < 1.29 is 0 Å². The zero-order chi connectivity index (χ0) is 12.7. The molecule has 2 N–H and O–H groups in total. The van der Waals surface area contributed by atoms with Crippen LogP contribution in [0.15, 0.2) is 30.5 Å². The van der Waals surface area contributed by atoms with Gasteiger partial charge < -0.3 is 5.73 Å². The van der Waals surface area contributed by atoms with E-state index in [2.05, 4.69) is 22.5 Å². The van der Waals surface area contributed by atoms with E-state index in [4.69, 9.17) is 17.3 Å². The number of benzene rings is 1. The molecule has 0 bridgehead atoms. The number of thiazole rings is 1. The quantitative estimate of drug-likeness (QED) is 0.779. The predicted octanol–water partition coefficient (Wildman–Crippen LogP) is 3.48. The van der Waals surface area contributed by atoms with E-state index in [1.165, 1.54) is 4.88 Å². The second-order valence-electron chi connectivity index (χ2n) is 4.11. The average molecular weight is 278 g/mol. The lowest BCUT2D eigenvalue weighted by Crippen LogP contribution is -2.01. The van der Waals surface area contributed by atoms with E-state index < -0.39 is 0 Å². The number of rotatable bonds is 2. The molecule has 3 rings (SSSR count). The van der Waals surface area contributed by atoms with Crippen LogP contribution in [0.4, 0.5) is 0 Å². The molecule has 0 aliphatic carbocycles.